The first-order valence-corrected chi connectivity index (χ1v) is 7.56. The number of carbonyl (C=O) groups excluding carboxylic acids is 1. The van der Waals surface area contributed by atoms with Gasteiger partial charge in [-0.2, -0.15) is 0 Å². The fourth-order valence-corrected chi connectivity index (χ4v) is 2.52. The van der Waals surface area contributed by atoms with E-state index in [0.717, 1.165) is 0 Å². The highest BCUT2D eigenvalue weighted by Gasteiger charge is 2.14. The molecule has 0 aliphatic heterocycles. The average Bonchev–Trinajstić information content (AvgIpc) is 2.74. The standard InChI is InChI=1S/C9H14N2O3S2/c1-2-16(13,14)4-3-8(12)7-6-15-9(5-10)11-7/h6H,2-5,10H2,1H3. The van der Waals surface area contributed by atoms with Gasteiger partial charge in [0.25, 0.3) is 0 Å². The number of thiazole rings is 1. The number of aromatic nitrogens is 1. The van der Waals surface area contributed by atoms with Gasteiger partial charge in [0.1, 0.15) is 20.5 Å². The van der Waals surface area contributed by atoms with Crippen molar-refractivity contribution in [1.29, 1.82) is 0 Å². The van der Waals surface area contributed by atoms with Crippen LogP contribution in [0.4, 0.5) is 0 Å². The maximum atomic E-state index is 11.6. The molecule has 16 heavy (non-hydrogen) atoms. The van der Waals surface area contributed by atoms with E-state index in [0.29, 0.717) is 17.2 Å². The average molecular weight is 262 g/mol. The number of Topliss-reactive ketones (excluding diaryl/α,β-unsaturated/α-hetero) is 1. The lowest BCUT2D eigenvalue weighted by Gasteiger charge is -1.98. The molecule has 0 fully saturated rings. The zero-order valence-electron chi connectivity index (χ0n) is 8.97. The lowest BCUT2D eigenvalue weighted by Crippen LogP contribution is -2.13. The van der Waals surface area contributed by atoms with Crippen LogP contribution in [-0.2, 0) is 16.4 Å². The SMILES string of the molecule is CCS(=O)(=O)CCC(=O)c1csc(CN)n1. The molecular formula is C9H14N2O3S2. The number of nitrogens with two attached hydrogens (primary N) is 1. The summed E-state index contributed by atoms with van der Waals surface area (Å²) in [5.74, 6) is -0.295. The predicted molar refractivity (Wildman–Crippen MR) is 63.3 cm³/mol. The van der Waals surface area contributed by atoms with Crippen molar-refractivity contribution >= 4 is 27.0 Å². The molecule has 2 N–H and O–H groups in total. The van der Waals surface area contributed by atoms with Gasteiger partial charge in [0.05, 0.1) is 5.75 Å². The van der Waals surface area contributed by atoms with E-state index in [9.17, 15) is 13.2 Å². The summed E-state index contributed by atoms with van der Waals surface area (Å²) in [5, 5.41) is 2.30. The molecule has 1 rings (SSSR count). The van der Waals surface area contributed by atoms with Crippen molar-refractivity contribution in [2.75, 3.05) is 11.5 Å². The van der Waals surface area contributed by atoms with E-state index in [4.69, 9.17) is 5.73 Å². The summed E-state index contributed by atoms with van der Waals surface area (Å²) < 4.78 is 22.4. The number of rotatable bonds is 6. The summed E-state index contributed by atoms with van der Waals surface area (Å²) >= 11 is 1.31. The Morgan fingerprint density at radius 2 is 2.25 bits per heavy atom. The van der Waals surface area contributed by atoms with Crippen LogP contribution < -0.4 is 5.73 Å². The van der Waals surface area contributed by atoms with E-state index in [2.05, 4.69) is 4.98 Å². The third-order valence-electron chi connectivity index (χ3n) is 2.09. The Hall–Kier alpha value is -0.790. The molecule has 7 heteroatoms. The second kappa shape index (κ2) is 5.51. The molecule has 0 aromatic carbocycles. The minimum atomic E-state index is -3.09. The lowest BCUT2D eigenvalue weighted by molar-refractivity contribution is 0.0984. The van der Waals surface area contributed by atoms with Gasteiger partial charge in [0, 0.05) is 24.1 Å². The molecule has 1 heterocycles. The van der Waals surface area contributed by atoms with Gasteiger partial charge in [-0.05, 0) is 0 Å². The Labute approximate surface area is 98.6 Å². The highest BCUT2D eigenvalue weighted by molar-refractivity contribution is 7.91. The minimum absolute atomic E-state index is 0.0100. The maximum absolute atomic E-state index is 11.6. The Morgan fingerprint density at radius 3 is 2.75 bits per heavy atom. The fourth-order valence-electron chi connectivity index (χ4n) is 1.05. The summed E-state index contributed by atoms with van der Waals surface area (Å²) in [5.41, 5.74) is 5.69. The Kier molecular flexibility index (Phi) is 4.57. The molecule has 0 atom stereocenters. The zero-order valence-corrected chi connectivity index (χ0v) is 10.6. The van der Waals surface area contributed by atoms with Gasteiger partial charge >= 0.3 is 0 Å². The second-order valence-corrected chi connectivity index (χ2v) is 6.66. The van der Waals surface area contributed by atoms with Crippen molar-refractivity contribution in [3.8, 4) is 0 Å². The van der Waals surface area contributed by atoms with Crippen LogP contribution in [0.2, 0.25) is 0 Å². The van der Waals surface area contributed by atoms with E-state index >= 15 is 0 Å². The van der Waals surface area contributed by atoms with Crippen LogP contribution in [-0.4, -0.2) is 30.7 Å². The van der Waals surface area contributed by atoms with E-state index in [-0.39, 0.29) is 23.7 Å². The minimum Gasteiger partial charge on any atom is -0.325 e. The highest BCUT2D eigenvalue weighted by atomic mass is 32.2. The molecular weight excluding hydrogens is 248 g/mol. The largest absolute Gasteiger partial charge is 0.325 e. The number of hydrogen-bond donors (Lipinski definition) is 1. The Balaban J connectivity index is 2.60. The molecule has 0 bridgehead atoms. The van der Waals surface area contributed by atoms with Crippen molar-refractivity contribution in [3.05, 3.63) is 16.1 Å². The molecule has 0 unspecified atom stereocenters. The van der Waals surface area contributed by atoms with Gasteiger partial charge in [-0.3, -0.25) is 4.79 Å². The quantitative estimate of drug-likeness (QED) is 0.758. The normalized spacial score (nSPS) is 11.6. The highest BCUT2D eigenvalue weighted by Crippen LogP contribution is 2.11. The van der Waals surface area contributed by atoms with Crippen LogP contribution in [0.15, 0.2) is 5.38 Å². The monoisotopic (exact) mass is 262 g/mol. The fraction of sp³-hybridized carbons (Fsp3) is 0.556. The van der Waals surface area contributed by atoms with Gasteiger partial charge in [-0.1, -0.05) is 6.92 Å². The summed E-state index contributed by atoms with van der Waals surface area (Å²) in [6.07, 6.45) is -0.0100. The number of nitrogens with zero attached hydrogens (tertiary/aromatic N) is 1. The molecule has 5 nitrogen and oxygen atoms in total. The Bertz CT molecular complexity index is 465. The van der Waals surface area contributed by atoms with Crippen molar-refractivity contribution in [2.45, 2.75) is 19.9 Å². The van der Waals surface area contributed by atoms with Gasteiger partial charge in [-0.25, -0.2) is 13.4 Å². The smallest absolute Gasteiger partial charge is 0.183 e. The van der Waals surface area contributed by atoms with E-state index in [1.54, 1.807) is 12.3 Å². The molecule has 0 aliphatic carbocycles. The summed E-state index contributed by atoms with van der Waals surface area (Å²) in [6, 6.07) is 0. The van der Waals surface area contributed by atoms with E-state index < -0.39 is 9.84 Å². The van der Waals surface area contributed by atoms with Gasteiger partial charge in [0.15, 0.2) is 5.78 Å². The van der Waals surface area contributed by atoms with Crippen LogP contribution in [0.1, 0.15) is 28.8 Å². The van der Waals surface area contributed by atoms with Crippen molar-refractivity contribution in [3.63, 3.8) is 0 Å². The van der Waals surface area contributed by atoms with Crippen LogP contribution in [0.5, 0.6) is 0 Å². The maximum Gasteiger partial charge on any atom is 0.183 e. The van der Waals surface area contributed by atoms with Gasteiger partial charge in [-0.15, -0.1) is 11.3 Å². The topological polar surface area (TPSA) is 90.1 Å². The van der Waals surface area contributed by atoms with Crippen molar-refractivity contribution in [1.82, 2.24) is 4.98 Å². The first-order valence-electron chi connectivity index (χ1n) is 4.86. The number of sulfone groups is 1. The van der Waals surface area contributed by atoms with E-state index in [1.807, 2.05) is 0 Å². The van der Waals surface area contributed by atoms with Crippen LogP contribution in [0, 0.1) is 0 Å². The molecule has 0 spiro atoms. The third-order valence-corrected chi connectivity index (χ3v) is 4.67. The van der Waals surface area contributed by atoms with E-state index in [1.165, 1.54) is 11.3 Å². The zero-order chi connectivity index (χ0) is 12.2. The third kappa shape index (κ3) is 3.66. The molecule has 0 saturated carbocycles. The van der Waals surface area contributed by atoms with Crippen molar-refractivity contribution < 1.29 is 13.2 Å². The Morgan fingerprint density at radius 1 is 1.56 bits per heavy atom. The van der Waals surface area contributed by atoms with Crippen molar-refractivity contribution in [2.24, 2.45) is 5.73 Å². The number of hydrogen-bond acceptors (Lipinski definition) is 6. The van der Waals surface area contributed by atoms with Crippen LogP contribution in [0.3, 0.4) is 0 Å². The predicted octanol–water partition coefficient (Wildman–Crippen LogP) is 0.609. The summed E-state index contributed by atoms with van der Waals surface area (Å²) in [6.45, 7) is 1.86. The second-order valence-electron chi connectivity index (χ2n) is 3.24. The molecule has 0 amide bonds. The summed E-state index contributed by atoms with van der Waals surface area (Å²) in [7, 11) is -3.09. The molecule has 90 valence electrons. The van der Waals surface area contributed by atoms with Gasteiger partial charge < -0.3 is 5.73 Å². The van der Waals surface area contributed by atoms with Gasteiger partial charge in [0.2, 0.25) is 0 Å². The first-order chi connectivity index (χ1) is 7.48. The lowest BCUT2D eigenvalue weighted by atomic mass is 10.2. The van der Waals surface area contributed by atoms with Crippen LogP contribution >= 0.6 is 11.3 Å². The molecule has 0 saturated heterocycles. The molecule has 0 aliphatic rings. The first kappa shape index (κ1) is 13.3. The summed E-state index contributed by atoms with van der Waals surface area (Å²) in [4.78, 5) is 15.6. The molecule has 1 aromatic heterocycles. The number of ketones is 1. The molecule has 0 radical (unpaired) electrons. The number of carbonyl (C=O) groups is 1. The molecule has 1 aromatic rings. The van der Waals surface area contributed by atoms with Crippen LogP contribution in [0.25, 0.3) is 0 Å².